The molecule has 0 fully saturated rings. The number of halogens is 2. The zero-order valence-corrected chi connectivity index (χ0v) is 13.1. The van der Waals surface area contributed by atoms with Gasteiger partial charge in [0, 0.05) is 17.4 Å². The maximum absolute atomic E-state index is 14.1. The third-order valence-corrected chi connectivity index (χ3v) is 3.93. The molecule has 0 radical (unpaired) electrons. The molecule has 0 amide bonds. The smallest absolute Gasteiger partial charge is 0.168 e. The van der Waals surface area contributed by atoms with E-state index in [0.29, 0.717) is 17.6 Å². The Labute approximate surface area is 138 Å². The first-order valence-electron chi connectivity index (χ1n) is 7.48. The van der Waals surface area contributed by atoms with Gasteiger partial charge in [0.2, 0.25) is 0 Å². The second kappa shape index (κ2) is 6.38. The largest absolute Gasteiger partial charge is 0.380 e. The summed E-state index contributed by atoms with van der Waals surface area (Å²) in [5.41, 5.74) is 2.30. The standard InChI is InChI=1S/C20H15F2NO/c1-3-15(24)11-13-5-8-17-14(10-13)6-9-18(23-17)16-7-4-12(2)19(21)20(16)22/h1,4-10,15,24H,11H2,2H3. The van der Waals surface area contributed by atoms with Crippen molar-refractivity contribution in [1.82, 2.24) is 4.98 Å². The van der Waals surface area contributed by atoms with Crippen LogP contribution in [0.2, 0.25) is 0 Å². The maximum Gasteiger partial charge on any atom is 0.168 e. The van der Waals surface area contributed by atoms with Crippen LogP contribution in [0, 0.1) is 30.9 Å². The number of aromatic nitrogens is 1. The molecular formula is C20H15F2NO. The monoisotopic (exact) mass is 323 g/mol. The highest BCUT2D eigenvalue weighted by Gasteiger charge is 2.14. The van der Waals surface area contributed by atoms with Crippen molar-refractivity contribution in [3.05, 3.63) is 65.2 Å². The topological polar surface area (TPSA) is 33.1 Å². The van der Waals surface area contributed by atoms with Crippen molar-refractivity contribution in [1.29, 1.82) is 0 Å². The lowest BCUT2D eigenvalue weighted by atomic mass is 10.0. The molecule has 3 aromatic rings. The van der Waals surface area contributed by atoms with Crippen molar-refractivity contribution in [3.63, 3.8) is 0 Å². The fourth-order valence-electron chi connectivity index (χ4n) is 2.58. The van der Waals surface area contributed by atoms with Crippen LogP contribution >= 0.6 is 0 Å². The van der Waals surface area contributed by atoms with E-state index in [-0.39, 0.29) is 11.1 Å². The number of nitrogens with zero attached hydrogens (tertiary/aromatic N) is 1. The normalized spacial score (nSPS) is 12.1. The number of aliphatic hydroxyl groups is 1. The van der Waals surface area contributed by atoms with Gasteiger partial charge in [0.1, 0.15) is 6.10 Å². The number of aryl methyl sites for hydroxylation is 1. The van der Waals surface area contributed by atoms with Crippen molar-refractivity contribution in [3.8, 4) is 23.6 Å². The van der Waals surface area contributed by atoms with Crippen LogP contribution in [0.3, 0.4) is 0 Å². The molecule has 3 rings (SSSR count). The van der Waals surface area contributed by atoms with Crippen molar-refractivity contribution < 1.29 is 13.9 Å². The molecule has 0 saturated heterocycles. The molecule has 0 aliphatic heterocycles. The molecule has 0 saturated carbocycles. The summed E-state index contributed by atoms with van der Waals surface area (Å²) < 4.78 is 27.9. The molecule has 1 N–H and O–H groups in total. The Morgan fingerprint density at radius 2 is 1.92 bits per heavy atom. The van der Waals surface area contributed by atoms with Gasteiger partial charge in [-0.05, 0) is 42.3 Å². The summed E-state index contributed by atoms with van der Waals surface area (Å²) in [6.07, 6.45) is 4.69. The van der Waals surface area contributed by atoms with Gasteiger partial charge in [0.25, 0.3) is 0 Å². The lowest BCUT2D eigenvalue weighted by Crippen LogP contribution is -2.06. The van der Waals surface area contributed by atoms with Crippen molar-refractivity contribution in [2.75, 3.05) is 0 Å². The first-order chi connectivity index (χ1) is 11.5. The molecule has 120 valence electrons. The maximum atomic E-state index is 14.1. The van der Waals surface area contributed by atoms with Crippen LogP contribution in [0.5, 0.6) is 0 Å². The number of hydrogen-bond acceptors (Lipinski definition) is 2. The summed E-state index contributed by atoms with van der Waals surface area (Å²) in [5.74, 6) is 0.524. The third-order valence-electron chi connectivity index (χ3n) is 3.93. The zero-order valence-electron chi connectivity index (χ0n) is 13.1. The lowest BCUT2D eigenvalue weighted by Gasteiger charge is -2.08. The molecule has 1 atom stereocenters. The Balaban J connectivity index is 2.02. The van der Waals surface area contributed by atoms with E-state index in [2.05, 4.69) is 10.9 Å². The number of benzene rings is 2. The number of hydrogen-bond donors (Lipinski definition) is 1. The van der Waals surface area contributed by atoms with Crippen LogP contribution in [0.1, 0.15) is 11.1 Å². The Kier molecular flexibility index (Phi) is 4.28. The van der Waals surface area contributed by atoms with Gasteiger partial charge < -0.3 is 5.11 Å². The fourth-order valence-corrected chi connectivity index (χ4v) is 2.58. The van der Waals surface area contributed by atoms with Gasteiger partial charge in [-0.15, -0.1) is 6.42 Å². The molecule has 1 aromatic heterocycles. The Hall–Kier alpha value is -2.77. The van der Waals surface area contributed by atoms with Crippen molar-refractivity contribution >= 4 is 10.9 Å². The third kappa shape index (κ3) is 2.99. The molecule has 0 spiro atoms. The average Bonchev–Trinajstić information content (AvgIpc) is 2.59. The minimum Gasteiger partial charge on any atom is -0.380 e. The minimum atomic E-state index is -0.893. The second-order valence-corrected chi connectivity index (χ2v) is 5.67. The first-order valence-corrected chi connectivity index (χ1v) is 7.48. The van der Waals surface area contributed by atoms with E-state index in [0.717, 1.165) is 10.9 Å². The average molecular weight is 323 g/mol. The highest BCUT2D eigenvalue weighted by molar-refractivity contribution is 5.82. The number of terminal acetylenes is 1. The van der Waals surface area contributed by atoms with E-state index in [4.69, 9.17) is 6.42 Å². The minimum absolute atomic E-state index is 0.131. The molecule has 0 bridgehead atoms. The molecule has 4 heteroatoms. The summed E-state index contributed by atoms with van der Waals surface area (Å²) in [7, 11) is 0. The van der Waals surface area contributed by atoms with Crippen LogP contribution < -0.4 is 0 Å². The molecule has 0 aliphatic rings. The number of pyridine rings is 1. The van der Waals surface area contributed by atoms with Crippen LogP contribution in [-0.2, 0) is 6.42 Å². The van der Waals surface area contributed by atoms with E-state index in [1.54, 1.807) is 18.2 Å². The van der Waals surface area contributed by atoms with Gasteiger partial charge in [-0.2, -0.15) is 0 Å². The summed E-state index contributed by atoms with van der Waals surface area (Å²) in [5, 5.41) is 10.4. The zero-order chi connectivity index (χ0) is 17.3. The highest BCUT2D eigenvalue weighted by Crippen LogP contribution is 2.27. The summed E-state index contributed by atoms with van der Waals surface area (Å²) in [6, 6.07) is 12.0. The Bertz CT molecular complexity index is 960. The molecule has 24 heavy (non-hydrogen) atoms. The Morgan fingerprint density at radius 3 is 2.67 bits per heavy atom. The summed E-state index contributed by atoms with van der Waals surface area (Å²) in [6.45, 7) is 1.52. The van der Waals surface area contributed by atoms with Gasteiger partial charge in [-0.3, -0.25) is 0 Å². The van der Waals surface area contributed by atoms with Gasteiger partial charge in [0.15, 0.2) is 11.6 Å². The molecule has 2 nitrogen and oxygen atoms in total. The second-order valence-electron chi connectivity index (χ2n) is 5.67. The predicted molar refractivity (Wildman–Crippen MR) is 90.4 cm³/mol. The summed E-state index contributed by atoms with van der Waals surface area (Å²) in [4.78, 5) is 4.41. The van der Waals surface area contributed by atoms with Gasteiger partial charge in [-0.25, -0.2) is 13.8 Å². The molecule has 1 unspecified atom stereocenters. The predicted octanol–water partition coefficient (Wildman–Crippen LogP) is 4.03. The van der Waals surface area contributed by atoms with Crippen LogP contribution in [0.4, 0.5) is 8.78 Å². The van der Waals surface area contributed by atoms with Gasteiger partial charge in [-0.1, -0.05) is 24.1 Å². The van der Waals surface area contributed by atoms with Crippen LogP contribution in [-0.4, -0.2) is 16.2 Å². The van der Waals surface area contributed by atoms with Gasteiger partial charge >= 0.3 is 0 Å². The number of aliphatic hydroxyl groups excluding tert-OH is 1. The van der Waals surface area contributed by atoms with Crippen LogP contribution in [0.15, 0.2) is 42.5 Å². The van der Waals surface area contributed by atoms with Crippen molar-refractivity contribution in [2.45, 2.75) is 19.4 Å². The van der Waals surface area contributed by atoms with E-state index >= 15 is 0 Å². The molecule has 1 heterocycles. The first kappa shape index (κ1) is 16.1. The SMILES string of the molecule is C#CC(O)Cc1ccc2nc(-c3ccc(C)c(F)c3F)ccc2c1. The van der Waals surface area contributed by atoms with E-state index in [1.165, 1.54) is 19.1 Å². The van der Waals surface area contributed by atoms with E-state index in [1.807, 2.05) is 12.1 Å². The number of rotatable bonds is 3. The molecule has 2 aromatic carbocycles. The number of fused-ring (bicyclic) bond motifs is 1. The lowest BCUT2D eigenvalue weighted by molar-refractivity contribution is 0.233. The molecular weight excluding hydrogens is 308 g/mol. The Morgan fingerprint density at radius 1 is 1.12 bits per heavy atom. The van der Waals surface area contributed by atoms with E-state index in [9.17, 15) is 13.9 Å². The van der Waals surface area contributed by atoms with E-state index < -0.39 is 17.7 Å². The fraction of sp³-hybridized carbons (Fsp3) is 0.150. The molecule has 0 aliphatic carbocycles. The highest BCUT2D eigenvalue weighted by atomic mass is 19.2. The van der Waals surface area contributed by atoms with Gasteiger partial charge in [0.05, 0.1) is 11.2 Å². The summed E-state index contributed by atoms with van der Waals surface area (Å²) >= 11 is 0. The quantitative estimate of drug-likeness (QED) is 0.738. The van der Waals surface area contributed by atoms with Crippen LogP contribution in [0.25, 0.3) is 22.2 Å². The van der Waals surface area contributed by atoms with Crippen molar-refractivity contribution in [2.24, 2.45) is 0 Å².